The zero-order chi connectivity index (χ0) is 11.5. The van der Waals surface area contributed by atoms with Crippen LogP contribution in [0.15, 0.2) is 0 Å². The van der Waals surface area contributed by atoms with Crippen molar-refractivity contribution in [1.29, 1.82) is 0 Å². The molecule has 0 spiro atoms. The average Bonchev–Trinajstić information content (AvgIpc) is 2.68. The Hall–Kier alpha value is -1.43. The number of hydrogen-bond acceptors (Lipinski definition) is 4. The molecule has 1 aromatic heterocycles. The lowest BCUT2D eigenvalue weighted by Crippen LogP contribution is -2.26. The van der Waals surface area contributed by atoms with Gasteiger partial charge in [0.25, 0.3) is 0 Å². The number of fused-ring (bicyclic) bond motifs is 1. The van der Waals surface area contributed by atoms with E-state index in [1.54, 1.807) is 0 Å². The van der Waals surface area contributed by atoms with Crippen LogP contribution in [0.5, 0.6) is 0 Å². The minimum Gasteiger partial charge on any atom is -0.481 e. The van der Waals surface area contributed by atoms with Crippen molar-refractivity contribution in [3.8, 4) is 0 Å². The van der Waals surface area contributed by atoms with Crippen molar-refractivity contribution >= 4 is 5.97 Å². The van der Waals surface area contributed by atoms with Gasteiger partial charge in [0.1, 0.15) is 11.6 Å². The van der Waals surface area contributed by atoms with Gasteiger partial charge in [-0.25, -0.2) is 0 Å². The van der Waals surface area contributed by atoms with E-state index in [0.717, 1.165) is 11.6 Å². The van der Waals surface area contributed by atoms with Gasteiger partial charge in [-0.3, -0.25) is 4.79 Å². The second-order valence-electron chi connectivity index (χ2n) is 4.04. The van der Waals surface area contributed by atoms with Crippen molar-refractivity contribution in [2.45, 2.75) is 32.2 Å². The van der Waals surface area contributed by atoms with E-state index in [2.05, 4.69) is 10.2 Å². The number of aliphatic hydroxyl groups excluding tert-OH is 1. The highest BCUT2D eigenvalue weighted by Gasteiger charge is 2.27. The van der Waals surface area contributed by atoms with Crippen LogP contribution < -0.4 is 0 Å². The highest BCUT2D eigenvalue weighted by Crippen LogP contribution is 2.20. The fraction of sp³-hybridized carbons (Fsp3) is 0.700. The maximum Gasteiger partial charge on any atom is 0.307 e. The molecule has 2 N–H and O–H groups in total. The quantitative estimate of drug-likeness (QED) is 0.744. The summed E-state index contributed by atoms with van der Waals surface area (Å²) in [6, 6.07) is 0. The molecule has 0 aliphatic carbocycles. The van der Waals surface area contributed by atoms with Gasteiger partial charge in [-0.2, -0.15) is 0 Å². The lowest BCUT2D eigenvalue weighted by atomic mass is 9.98. The van der Waals surface area contributed by atoms with E-state index in [1.807, 2.05) is 4.57 Å². The molecule has 1 aromatic rings. The topological polar surface area (TPSA) is 88.2 Å². The van der Waals surface area contributed by atoms with Crippen LogP contribution in [0.25, 0.3) is 0 Å². The number of aromatic nitrogens is 3. The number of carboxylic acids is 1. The summed E-state index contributed by atoms with van der Waals surface area (Å²) in [4.78, 5) is 10.9. The van der Waals surface area contributed by atoms with Gasteiger partial charge in [0.15, 0.2) is 0 Å². The standard InChI is InChI=1S/C10H15N3O3/c14-5-1-2-8-11-12-9-6-7(10(15)16)3-4-13(8)9/h7,14H,1-6H2,(H,15,16). The largest absolute Gasteiger partial charge is 0.481 e. The van der Waals surface area contributed by atoms with Crippen molar-refractivity contribution in [3.63, 3.8) is 0 Å². The Bertz CT molecular complexity index is 389. The number of carbonyl (C=O) groups is 1. The molecule has 1 aliphatic rings. The minimum atomic E-state index is -0.758. The predicted octanol–water partition coefficient (Wildman–Crippen LogP) is -0.150. The maximum atomic E-state index is 10.9. The highest BCUT2D eigenvalue weighted by atomic mass is 16.4. The van der Waals surface area contributed by atoms with E-state index in [-0.39, 0.29) is 12.5 Å². The first-order valence-corrected chi connectivity index (χ1v) is 5.47. The summed E-state index contributed by atoms with van der Waals surface area (Å²) in [6.45, 7) is 0.806. The Balaban J connectivity index is 2.10. The predicted molar refractivity (Wildman–Crippen MR) is 54.9 cm³/mol. The number of aliphatic hydroxyl groups is 1. The Labute approximate surface area is 92.9 Å². The molecule has 1 unspecified atom stereocenters. The van der Waals surface area contributed by atoms with Crippen LogP contribution in [0.3, 0.4) is 0 Å². The number of nitrogens with zero attached hydrogens (tertiary/aromatic N) is 3. The van der Waals surface area contributed by atoms with Gasteiger partial charge in [-0.05, 0) is 12.8 Å². The molecule has 0 amide bonds. The summed E-state index contributed by atoms with van der Waals surface area (Å²) in [5.41, 5.74) is 0. The summed E-state index contributed by atoms with van der Waals surface area (Å²) >= 11 is 0. The normalized spacial score (nSPS) is 19.4. The third kappa shape index (κ3) is 2.06. The second-order valence-corrected chi connectivity index (χ2v) is 4.04. The van der Waals surface area contributed by atoms with Crippen molar-refractivity contribution in [1.82, 2.24) is 14.8 Å². The van der Waals surface area contributed by atoms with Crippen LogP contribution in [-0.2, 0) is 24.2 Å². The van der Waals surface area contributed by atoms with Crippen LogP contribution >= 0.6 is 0 Å². The summed E-state index contributed by atoms with van der Waals surface area (Å²) in [7, 11) is 0. The van der Waals surface area contributed by atoms with Gasteiger partial charge in [-0.15, -0.1) is 10.2 Å². The summed E-state index contributed by atoms with van der Waals surface area (Å²) in [6.07, 6.45) is 2.45. The molecule has 16 heavy (non-hydrogen) atoms. The molecule has 0 aromatic carbocycles. The van der Waals surface area contributed by atoms with E-state index >= 15 is 0 Å². The molecule has 0 radical (unpaired) electrons. The Morgan fingerprint density at radius 1 is 1.50 bits per heavy atom. The van der Waals surface area contributed by atoms with Crippen molar-refractivity contribution in [3.05, 3.63) is 11.6 Å². The van der Waals surface area contributed by atoms with Crippen molar-refractivity contribution in [2.24, 2.45) is 5.92 Å². The molecule has 6 nitrogen and oxygen atoms in total. The zero-order valence-corrected chi connectivity index (χ0v) is 8.96. The smallest absolute Gasteiger partial charge is 0.307 e. The molecular formula is C10H15N3O3. The van der Waals surface area contributed by atoms with E-state index in [1.165, 1.54) is 0 Å². The summed E-state index contributed by atoms with van der Waals surface area (Å²) < 4.78 is 1.98. The first-order valence-electron chi connectivity index (χ1n) is 5.47. The number of carboxylic acid groups (broad SMARTS) is 1. The minimum absolute atomic E-state index is 0.139. The van der Waals surface area contributed by atoms with Crippen LogP contribution in [0, 0.1) is 5.92 Å². The summed E-state index contributed by atoms with van der Waals surface area (Å²) in [5.74, 6) is 0.521. The number of hydrogen-bond donors (Lipinski definition) is 2. The first kappa shape index (κ1) is 11.1. The monoisotopic (exact) mass is 225 g/mol. The van der Waals surface area contributed by atoms with Gasteiger partial charge < -0.3 is 14.8 Å². The lowest BCUT2D eigenvalue weighted by molar-refractivity contribution is -0.142. The van der Waals surface area contributed by atoms with Gasteiger partial charge in [0.2, 0.25) is 0 Å². The highest BCUT2D eigenvalue weighted by molar-refractivity contribution is 5.70. The molecule has 0 saturated carbocycles. The molecule has 2 rings (SSSR count). The fourth-order valence-corrected chi connectivity index (χ4v) is 2.02. The zero-order valence-electron chi connectivity index (χ0n) is 8.96. The molecule has 1 atom stereocenters. The lowest BCUT2D eigenvalue weighted by Gasteiger charge is -2.20. The van der Waals surface area contributed by atoms with Crippen LogP contribution in [-0.4, -0.2) is 37.6 Å². The van der Waals surface area contributed by atoms with Gasteiger partial charge >= 0.3 is 5.97 Å². The molecule has 0 bridgehead atoms. The molecular weight excluding hydrogens is 210 g/mol. The molecule has 88 valence electrons. The van der Waals surface area contributed by atoms with Crippen LogP contribution in [0.4, 0.5) is 0 Å². The molecule has 0 fully saturated rings. The SMILES string of the molecule is O=C(O)C1CCn2c(CCCO)nnc2C1. The Morgan fingerprint density at radius 3 is 3.00 bits per heavy atom. The van der Waals surface area contributed by atoms with Gasteiger partial charge in [-0.1, -0.05) is 0 Å². The van der Waals surface area contributed by atoms with Crippen LogP contribution in [0.1, 0.15) is 24.5 Å². The van der Waals surface area contributed by atoms with Crippen LogP contribution in [0.2, 0.25) is 0 Å². The first-order chi connectivity index (χ1) is 7.72. The summed E-state index contributed by atoms with van der Waals surface area (Å²) in [5, 5.41) is 25.7. The van der Waals surface area contributed by atoms with E-state index < -0.39 is 5.97 Å². The third-order valence-electron chi connectivity index (χ3n) is 2.94. The molecule has 6 heteroatoms. The van der Waals surface area contributed by atoms with E-state index in [9.17, 15) is 4.79 Å². The Kier molecular flexibility index (Phi) is 3.19. The fourth-order valence-electron chi connectivity index (χ4n) is 2.02. The Morgan fingerprint density at radius 2 is 2.31 bits per heavy atom. The van der Waals surface area contributed by atoms with Crippen molar-refractivity contribution in [2.75, 3.05) is 6.61 Å². The van der Waals surface area contributed by atoms with E-state index in [0.29, 0.717) is 32.2 Å². The van der Waals surface area contributed by atoms with Crippen molar-refractivity contribution < 1.29 is 15.0 Å². The number of rotatable bonds is 4. The maximum absolute atomic E-state index is 10.9. The third-order valence-corrected chi connectivity index (χ3v) is 2.94. The van der Waals surface area contributed by atoms with Gasteiger partial charge in [0, 0.05) is 26.0 Å². The number of aliphatic carboxylic acids is 1. The molecule has 1 aliphatic heterocycles. The molecule has 0 saturated heterocycles. The average molecular weight is 225 g/mol. The second kappa shape index (κ2) is 4.61. The number of aryl methyl sites for hydroxylation is 1. The van der Waals surface area contributed by atoms with E-state index in [4.69, 9.17) is 10.2 Å². The van der Waals surface area contributed by atoms with Gasteiger partial charge in [0.05, 0.1) is 5.92 Å². The molecule has 2 heterocycles.